The standard InChI is InChI=1S/C13H18N2O2/c1-8-4-3-5-10(6-8)12-14-9(2)7-11(15-12)13(16)17/h7-8,10H,3-6H2,1-2H3,(H,16,17). The van der Waals surface area contributed by atoms with E-state index < -0.39 is 5.97 Å². The van der Waals surface area contributed by atoms with Gasteiger partial charge < -0.3 is 5.11 Å². The monoisotopic (exact) mass is 234 g/mol. The molecule has 1 saturated carbocycles. The molecular formula is C13H18N2O2. The third kappa shape index (κ3) is 2.81. The van der Waals surface area contributed by atoms with Crippen LogP contribution in [-0.2, 0) is 0 Å². The van der Waals surface area contributed by atoms with E-state index in [1.54, 1.807) is 0 Å². The molecule has 4 heteroatoms. The average Bonchev–Trinajstić information content (AvgIpc) is 2.28. The van der Waals surface area contributed by atoms with Gasteiger partial charge in [0.1, 0.15) is 5.82 Å². The van der Waals surface area contributed by atoms with Gasteiger partial charge in [-0.25, -0.2) is 14.8 Å². The highest BCUT2D eigenvalue weighted by atomic mass is 16.4. The number of aromatic nitrogens is 2. The fraction of sp³-hybridized carbons (Fsp3) is 0.615. The lowest BCUT2D eigenvalue weighted by molar-refractivity contribution is 0.0689. The second-order valence-corrected chi connectivity index (χ2v) is 5.03. The van der Waals surface area contributed by atoms with Gasteiger partial charge in [0.25, 0.3) is 0 Å². The Balaban J connectivity index is 2.28. The zero-order valence-electron chi connectivity index (χ0n) is 10.3. The number of carboxylic acid groups (broad SMARTS) is 1. The van der Waals surface area contributed by atoms with Crippen molar-refractivity contribution in [2.45, 2.75) is 45.4 Å². The van der Waals surface area contributed by atoms with Crippen LogP contribution in [0.2, 0.25) is 0 Å². The minimum absolute atomic E-state index is 0.116. The molecule has 0 saturated heterocycles. The molecule has 0 radical (unpaired) electrons. The molecule has 1 aliphatic rings. The smallest absolute Gasteiger partial charge is 0.354 e. The van der Waals surface area contributed by atoms with E-state index in [1.807, 2.05) is 6.92 Å². The minimum Gasteiger partial charge on any atom is -0.477 e. The summed E-state index contributed by atoms with van der Waals surface area (Å²) in [4.78, 5) is 19.5. The number of nitrogens with zero attached hydrogens (tertiary/aromatic N) is 2. The van der Waals surface area contributed by atoms with Crippen LogP contribution in [-0.4, -0.2) is 21.0 Å². The molecule has 1 aromatic heterocycles. The Morgan fingerprint density at radius 3 is 2.82 bits per heavy atom. The van der Waals surface area contributed by atoms with Crippen LogP contribution in [0.4, 0.5) is 0 Å². The van der Waals surface area contributed by atoms with Crippen LogP contribution in [0.15, 0.2) is 6.07 Å². The highest BCUT2D eigenvalue weighted by Gasteiger charge is 2.23. The summed E-state index contributed by atoms with van der Waals surface area (Å²) in [5.41, 5.74) is 0.858. The van der Waals surface area contributed by atoms with Crippen LogP contribution < -0.4 is 0 Å². The number of hydrogen-bond acceptors (Lipinski definition) is 3. The van der Waals surface area contributed by atoms with Crippen molar-refractivity contribution in [2.24, 2.45) is 5.92 Å². The maximum absolute atomic E-state index is 11.0. The Kier molecular flexibility index (Phi) is 3.41. The van der Waals surface area contributed by atoms with Crippen LogP contribution in [0.25, 0.3) is 0 Å². The summed E-state index contributed by atoms with van der Waals surface area (Å²) >= 11 is 0. The van der Waals surface area contributed by atoms with Crippen LogP contribution >= 0.6 is 0 Å². The second kappa shape index (κ2) is 4.82. The molecule has 1 aliphatic carbocycles. The van der Waals surface area contributed by atoms with Crippen molar-refractivity contribution in [1.29, 1.82) is 0 Å². The fourth-order valence-electron chi connectivity index (χ4n) is 2.55. The Morgan fingerprint density at radius 1 is 1.41 bits per heavy atom. The van der Waals surface area contributed by atoms with Gasteiger partial charge >= 0.3 is 5.97 Å². The normalized spacial score (nSPS) is 24.6. The van der Waals surface area contributed by atoms with Gasteiger partial charge in [0.05, 0.1) is 0 Å². The SMILES string of the molecule is Cc1cc(C(=O)O)nc(C2CCCC(C)C2)n1. The maximum Gasteiger partial charge on any atom is 0.354 e. The molecule has 0 spiro atoms. The second-order valence-electron chi connectivity index (χ2n) is 5.03. The zero-order chi connectivity index (χ0) is 12.4. The first kappa shape index (κ1) is 12.0. The van der Waals surface area contributed by atoms with Crippen molar-refractivity contribution in [2.75, 3.05) is 0 Å². The van der Waals surface area contributed by atoms with Gasteiger partial charge in [0.2, 0.25) is 0 Å². The Bertz CT molecular complexity index is 431. The highest BCUT2D eigenvalue weighted by Crippen LogP contribution is 2.34. The van der Waals surface area contributed by atoms with Gasteiger partial charge in [-0.05, 0) is 31.7 Å². The lowest BCUT2D eigenvalue weighted by Gasteiger charge is -2.25. The molecule has 4 nitrogen and oxygen atoms in total. The lowest BCUT2D eigenvalue weighted by atomic mass is 9.82. The lowest BCUT2D eigenvalue weighted by Crippen LogP contribution is -2.16. The molecule has 1 N–H and O–H groups in total. The minimum atomic E-state index is -0.972. The summed E-state index contributed by atoms with van der Waals surface area (Å²) in [6.07, 6.45) is 4.59. The van der Waals surface area contributed by atoms with E-state index >= 15 is 0 Å². The molecule has 2 rings (SSSR count). The summed E-state index contributed by atoms with van der Waals surface area (Å²) in [5.74, 6) is 0.762. The van der Waals surface area contributed by atoms with E-state index in [9.17, 15) is 4.79 Å². The largest absolute Gasteiger partial charge is 0.477 e. The molecule has 2 unspecified atom stereocenters. The van der Waals surface area contributed by atoms with Crippen molar-refractivity contribution in [3.63, 3.8) is 0 Å². The summed E-state index contributed by atoms with van der Waals surface area (Å²) in [5, 5.41) is 8.99. The van der Waals surface area contributed by atoms with Gasteiger partial charge in [0.15, 0.2) is 5.69 Å². The van der Waals surface area contributed by atoms with E-state index in [0.29, 0.717) is 17.7 Å². The Labute approximate surface area is 101 Å². The van der Waals surface area contributed by atoms with Gasteiger partial charge in [-0.15, -0.1) is 0 Å². The van der Waals surface area contributed by atoms with Crippen LogP contribution in [0.5, 0.6) is 0 Å². The first-order valence-corrected chi connectivity index (χ1v) is 6.15. The van der Waals surface area contributed by atoms with E-state index in [4.69, 9.17) is 5.11 Å². The molecule has 0 aliphatic heterocycles. The van der Waals surface area contributed by atoms with Gasteiger partial charge in [-0.1, -0.05) is 19.8 Å². The predicted octanol–water partition coefficient (Wildman–Crippen LogP) is 2.78. The summed E-state index contributed by atoms with van der Waals surface area (Å²) in [7, 11) is 0. The van der Waals surface area contributed by atoms with Gasteiger partial charge in [-0.2, -0.15) is 0 Å². The summed E-state index contributed by atoms with van der Waals surface area (Å²) in [6, 6.07) is 1.53. The number of carboxylic acids is 1. The highest BCUT2D eigenvalue weighted by molar-refractivity contribution is 5.85. The maximum atomic E-state index is 11.0. The number of aromatic carboxylic acids is 1. The third-order valence-electron chi connectivity index (χ3n) is 3.39. The first-order chi connectivity index (χ1) is 8.06. The Morgan fingerprint density at radius 2 is 2.18 bits per heavy atom. The van der Waals surface area contributed by atoms with E-state index in [1.165, 1.54) is 18.9 Å². The molecule has 0 aromatic carbocycles. The topological polar surface area (TPSA) is 63.1 Å². The molecule has 92 valence electrons. The van der Waals surface area contributed by atoms with Crippen molar-refractivity contribution < 1.29 is 9.90 Å². The van der Waals surface area contributed by atoms with Gasteiger partial charge in [-0.3, -0.25) is 0 Å². The molecule has 17 heavy (non-hydrogen) atoms. The molecule has 0 bridgehead atoms. The molecule has 1 aromatic rings. The first-order valence-electron chi connectivity index (χ1n) is 6.15. The zero-order valence-corrected chi connectivity index (χ0v) is 10.3. The number of rotatable bonds is 2. The van der Waals surface area contributed by atoms with Gasteiger partial charge in [0, 0.05) is 11.6 Å². The average molecular weight is 234 g/mol. The van der Waals surface area contributed by atoms with Crippen LogP contribution in [0.1, 0.15) is 60.5 Å². The van der Waals surface area contributed by atoms with E-state index in [-0.39, 0.29) is 5.69 Å². The van der Waals surface area contributed by atoms with E-state index in [0.717, 1.165) is 18.5 Å². The number of hydrogen-bond donors (Lipinski definition) is 1. The van der Waals surface area contributed by atoms with Crippen molar-refractivity contribution in [3.05, 3.63) is 23.3 Å². The third-order valence-corrected chi connectivity index (χ3v) is 3.39. The van der Waals surface area contributed by atoms with Crippen molar-refractivity contribution in [1.82, 2.24) is 9.97 Å². The van der Waals surface area contributed by atoms with Crippen molar-refractivity contribution in [3.8, 4) is 0 Å². The number of aryl methyl sites for hydroxylation is 1. The van der Waals surface area contributed by atoms with E-state index in [2.05, 4.69) is 16.9 Å². The molecule has 1 fully saturated rings. The molecule has 0 amide bonds. The summed E-state index contributed by atoms with van der Waals surface area (Å²) < 4.78 is 0. The fourth-order valence-corrected chi connectivity index (χ4v) is 2.55. The summed E-state index contributed by atoms with van der Waals surface area (Å²) in [6.45, 7) is 4.06. The molecular weight excluding hydrogens is 216 g/mol. The quantitative estimate of drug-likeness (QED) is 0.854. The number of carbonyl (C=O) groups is 1. The van der Waals surface area contributed by atoms with Crippen LogP contribution in [0, 0.1) is 12.8 Å². The van der Waals surface area contributed by atoms with Crippen molar-refractivity contribution >= 4 is 5.97 Å². The predicted molar refractivity (Wildman–Crippen MR) is 64.1 cm³/mol. The molecule has 2 atom stereocenters. The Hall–Kier alpha value is -1.45. The van der Waals surface area contributed by atoms with Crippen LogP contribution in [0.3, 0.4) is 0 Å². The molecule has 1 heterocycles.